The molecule has 0 saturated heterocycles. The third-order valence-corrected chi connectivity index (χ3v) is 3.24. The summed E-state index contributed by atoms with van der Waals surface area (Å²) < 4.78 is 0. The van der Waals surface area contributed by atoms with E-state index in [0.717, 1.165) is 6.54 Å². The van der Waals surface area contributed by atoms with Crippen molar-refractivity contribution in [2.45, 2.75) is 25.4 Å². The first-order valence-electron chi connectivity index (χ1n) is 5.72. The van der Waals surface area contributed by atoms with Crippen molar-refractivity contribution in [3.05, 3.63) is 53.3 Å². The van der Waals surface area contributed by atoms with Gasteiger partial charge in [-0.3, -0.25) is 5.10 Å². The lowest BCUT2D eigenvalue weighted by atomic mass is 10.1. The molecule has 0 aliphatic heterocycles. The van der Waals surface area contributed by atoms with Crippen molar-refractivity contribution in [1.29, 1.82) is 0 Å². The van der Waals surface area contributed by atoms with Crippen molar-refractivity contribution in [1.82, 2.24) is 15.5 Å². The predicted octanol–water partition coefficient (Wildman–Crippen LogP) is 2.19. The van der Waals surface area contributed by atoms with Gasteiger partial charge >= 0.3 is 0 Å². The minimum absolute atomic E-state index is 0.506. The Morgan fingerprint density at radius 2 is 2.31 bits per heavy atom. The molecule has 0 spiro atoms. The summed E-state index contributed by atoms with van der Waals surface area (Å²) in [5, 5.41) is 10.4. The lowest BCUT2D eigenvalue weighted by Gasteiger charge is -2.12. The molecule has 3 nitrogen and oxygen atoms in total. The Bertz CT molecular complexity index is 462. The molecule has 2 N–H and O–H groups in total. The highest BCUT2D eigenvalue weighted by Gasteiger charge is 2.20. The van der Waals surface area contributed by atoms with E-state index in [0.29, 0.717) is 6.04 Å². The van der Waals surface area contributed by atoms with Crippen molar-refractivity contribution in [2.75, 3.05) is 0 Å². The van der Waals surface area contributed by atoms with Gasteiger partial charge in [0.05, 0.1) is 6.20 Å². The molecule has 0 amide bonds. The van der Waals surface area contributed by atoms with E-state index >= 15 is 0 Å². The average molecular weight is 213 g/mol. The second-order valence-corrected chi connectivity index (χ2v) is 4.28. The summed E-state index contributed by atoms with van der Waals surface area (Å²) in [6, 6.07) is 9.21. The molecule has 1 atom stereocenters. The second-order valence-electron chi connectivity index (χ2n) is 4.28. The lowest BCUT2D eigenvalue weighted by molar-refractivity contribution is 0.530. The Kier molecular flexibility index (Phi) is 2.46. The van der Waals surface area contributed by atoms with Gasteiger partial charge in [0.15, 0.2) is 0 Å². The highest BCUT2D eigenvalue weighted by Crippen LogP contribution is 2.30. The number of H-pyrrole nitrogens is 1. The molecule has 82 valence electrons. The van der Waals surface area contributed by atoms with E-state index in [2.05, 4.69) is 39.8 Å². The molecule has 3 heteroatoms. The highest BCUT2D eigenvalue weighted by molar-refractivity contribution is 5.34. The minimum Gasteiger partial charge on any atom is -0.306 e. The van der Waals surface area contributed by atoms with Crippen LogP contribution in [0.3, 0.4) is 0 Å². The van der Waals surface area contributed by atoms with Gasteiger partial charge in [0.2, 0.25) is 0 Å². The van der Waals surface area contributed by atoms with Crippen LogP contribution in [0.15, 0.2) is 36.7 Å². The van der Waals surface area contributed by atoms with E-state index < -0.39 is 0 Å². The number of benzene rings is 1. The van der Waals surface area contributed by atoms with E-state index in [1.807, 2.05) is 12.4 Å². The zero-order valence-electron chi connectivity index (χ0n) is 9.11. The molecule has 1 aromatic heterocycles. The fourth-order valence-corrected chi connectivity index (χ4v) is 2.38. The zero-order valence-corrected chi connectivity index (χ0v) is 9.11. The van der Waals surface area contributed by atoms with Crippen LogP contribution in [0.5, 0.6) is 0 Å². The van der Waals surface area contributed by atoms with Crippen LogP contribution in [0.1, 0.15) is 29.2 Å². The van der Waals surface area contributed by atoms with Crippen LogP contribution in [0.25, 0.3) is 0 Å². The molecule has 1 unspecified atom stereocenters. The molecule has 2 aromatic rings. The summed E-state index contributed by atoms with van der Waals surface area (Å²) >= 11 is 0. The molecular formula is C13H15N3. The van der Waals surface area contributed by atoms with Gasteiger partial charge in [0.25, 0.3) is 0 Å². The summed E-state index contributed by atoms with van der Waals surface area (Å²) in [6.45, 7) is 0.884. The Balaban J connectivity index is 1.69. The van der Waals surface area contributed by atoms with Crippen LogP contribution in [-0.4, -0.2) is 10.2 Å². The van der Waals surface area contributed by atoms with Crippen LogP contribution >= 0.6 is 0 Å². The summed E-state index contributed by atoms with van der Waals surface area (Å²) in [6.07, 6.45) is 6.21. The van der Waals surface area contributed by atoms with Crippen LogP contribution in [0.4, 0.5) is 0 Å². The Morgan fingerprint density at radius 1 is 1.38 bits per heavy atom. The van der Waals surface area contributed by atoms with Gasteiger partial charge in [-0.1, -0.05) is 24.3 Å². The first-order valence-corrected chi connectivity index (χ1v) is 5.72. The van der Waals surface area contributed by atoms with Gasteiger partial charge in [-0.2, -0.15) is 5.10 Å². The predicted molar refractivity (Wildman–Crippen MR) is 62.9 cm³/mol. The second kappa shape index (κ2) is 4.10. The van der Waals surface area contributed by atoms with Crippen LogP contribution in [-0.2, 0) is 13.0 Å². The van der Waals surface area contributed by atoms with Crippen LogP contribution < -0.4 is 5.32 Å². The topological polar surface area (TPSA) is 40.7 Å². The van der Waals surface area contributed by atoms with Crippen molar-refractivity contribution >= 4 is 0 Å². The van der Waals surface area contributed by atoms with E-state index in [4.69, 9.17) is 0 Å². The number of rotatable bonds is 3. The molecule has 1 heterocycles. The largest absolute Gasteiger partial charge is 0.306 e. The summed E-state index contributed by atoms with van der Waals surface area (Å²) in [4.78, 5) is 0. The third kappa shape index (κ3) is 1.74. The monoisotopic (exact) mass is 213 g/mol. The SMILES string of the molecule is c1ccc2c(c1)CCC2NCc1cn[nH]c1. The molecule has 0 bridgehead atoms. The number of hydrogen-bond acceptors (Lipinski definition) is 2. The van der Waals surface area contributed by atoms with Crippen LogP contribution in [0, 0.1) is 0 Å². The van der Waals surface area contributed by atoms with Gasteiger partial charge in [0.1, 0.15) is 0 Å². The van der Waals surface area contributed by atoms with Gasteiger partial charge in [0, 0.05) is 24.3 Å². The Hall–Kier alpha value is -1.61. The number of aryl methyl sites for hydroxylation is 1. The maximum absolute atomic E-state index is 3.95. The van der Waals surface area contributed by atoms with Gasteiger partial charge in [-0.05, 0) is 24.0 Å². The number of aromatic nitrogens is 2. The fourth-order valence-electron chi connectivity index (χ4n) is 2.38. The zero-order chi connectivity index (χ0) is 10.8. The number of fused-ring (bicyclic) bond motifs is 1. The Labute approximate surface area is 94.9 Å². The molecule has 1 aromatic carbocycles. The molecule has 3 rings (SSSR count). The maximum atomic E-state index is 3.95. The first-order chi connectivity index (χ1) is 7.93. The molecule has 16 heavy (non-hydrogen) atoms. The number of nitrogens with one attached hydrogen (secondary N) is 2. The lowest BCUT2D eigenvalue weighted by Crippen LogP contribution is -2.18. The molecule has 1 aliphatic rings. The number of aromatic amines is 1. The maximum Gasteiger partial charge on any atom is 0.0532 e. The van der Waals surface area contributed by atoms with Gasteiger partial charge in [-0.25, -0.2) is 0 Å². The van der Waals surface area contributed by atoms with E-state index in [-0.39, 0.29) is 0 Å². The quantitative estimate of drug-likeness (QED) is 0.820. The molecule has 0 radical (unpaired) electrons. The summed E-state index contributed by atoms with van der Waals surface area (Å²) in [7, 11) is 0. The van der Waals surface area contributed by atoms with Crippen molar-refractivity contribution in [2.24, 2.45) is 0 Å². The average Bonchev–Trinajstić information content (AvgIpc) is 2.96. The standard InChI is InChI=1S/C13H15N3/c1-2-4-12-11(3-1)5-6-13(12)14-7-10-8-15-16-9-10/h1-4,8-9,13-14H,5-7H2,(H,15,16). The Morgan fingerprint density at radius 3 is 3.19 bits per heavy atom. The molecular weight excluding hydrogens is 198 g/mol. The van der Waals surface area contributed by atoms with Crippen LogP contribution in [0.2, 0.25) is 0 Å². The van der Waals surface area contributed by atoms with Crippen molar-refractivity contribution < 1.29 is 0 Å². The summed E-state index contributed by atoms with van der Waals surface area (Å²) in [5.74, 6) is 0. The smallest absolute Gasteiger partial charge is 0.0532 e. The molecule has 0 fully saturated rings. The number of hydrogen-bond donors (Lipinski definition) is 2. The normalized spacial score (nSPS) is 18.6. The molecule has 1 aliphatic carbocycles. The number of nitrogens with zero attached hydrogens (tertiary/aromatic N) is 1. The fraction of sp³-hybridized carbons (Fsp3) is 0.308. The highest BCUT2D eigenvalue weighted by atomic mass is 15.1. The van der Waals surface area contributed by atoms with E-state index in [9.17, 15) is 0 Å². The third-order valence-electron chi connectivity index (χ3n) is 3.24. The first kappa shape index (κ1) is 9.60. The van der Waals surface area contributed by atoms with E-state index in [1.54, 1.807) is 0 Å². The van der Waals surface area contributed by atoms with Crippen molar-refractivity contribution in [3.8, 4) is 0 Å². The van der Waals surface area contributed by atoms with Gasteiger partial charge in [-0.15, -0.1) is 0 Å². The minimum atomic E-state index is 0.506. The van der Waals surface area contributed by atoms with Crippen molar-refractivity contribution in [3.63, 3.8) is 0 Å². The van der Waals surface area contributed by atoms with E-state index in [1.165, 1.54) is 29.5 Å². The van der Waals surface area contributed by atoms with Gasteiger partial charge < -0.3 is 5.32 Å². The summed E-state index contributed by atoms with van der Waals surface area (Å²) in [5.41, 5.74) is 4.17. The molecule has 0 saturated carbocycles.